The number of nitrogens with two attached hydrogens (primary N) is 6. The number of carboxylic acid groups (broad SMARTS) is 2. The highest BCUT2D eigenvalue weighted by molar-refractivity contribution is 5.97. The molecular formula is C36H61N13O10. The number of nitrogens with zero attached hydrogens (tertiary/aromatic N) is 2. The van der Waals surface area contributed by atoms with E-state index in [0.717, 1.165) is 0 Å². The van der Waals surface area contributed by atoms with Gasteiger partial charge in [0.1, 0.15) is 36.0 Å². The van der Waals surface area contributed by atoms with Gasteiger partial charge < -0.3 is 76.3 Å². The molecule has 6 atom stereocenters. The van der Waals surface area contributed by atoms with E-state index in [1.807, 2.05) is 0 Å². The Kier molecular flexibility index (Phi) is 22.9. The highest BCUT2D eigenvalue weighted by Gasteiger charge is 2.34. The third-order valence-electron chi connectivity index (χ3n) is 8.71. The number of guanidine groups is 2. The fourth-order valence-electron chi connectivity index (χ4n) is 5.51. The fourth-order valence-corrected chi connectivity index (χ4v) is 5.51. The minimum Gasteiger partial charge on any atom is -0.508 e. The van der Waals surface area contributed by atoms with Gasteiger partial charge in [0, 0.05) is 19.5 Å². The van der Waals surface area contributed by atoms with Gasteiger partial charge in [0.2, 0.25) is 29.5 Å². The van der Waals surface area contributed by atoms with Crippen molar-refractivity contribution < 1.29 is 48.9 Å². The van der Waals surface area contributed by atoms with Gasteiger partial charge in [-0.25, -0.2) is 4.79 Å². The Balaban J connectivity index is 3.30. The van der Waals surface area contributed by atoms with E-state index in [0.29, 0.717) is 24.8 Å². The fraction of sp³-hybridized carbons (Fsp3) is 0.583. The molecule has 0 spiro atoms. The van der Waals surface area contributed by atoms with Gasteiger partial charge in [-0.15, -0.1) is 0 Å². The van der Waals surface area contributed by atoms with Crippen LogP contribution in [0.3, 0.4) is 0 Å². The molecule has 0 saturated heterocycles. The van der Waals surface area contributed by atoms with E-state index in [1.165, 1.54) is 24.3 Å². The van der Waals surface area contributed by atoms with Crippen molar-refractivity contribution in [1.82, 2.24) is 26.6 Å². The monoisotopic (exact) mass is 835 g/mol. The molecule has 0 fully saturated rings. The number of aromatic hydroxyl groups is 1. The van der Waals surface area contributed by atoms with Crippen molar-refractivity contribution in [2.75, 3.05) is 19.6 Å². The van der Waals surface area contributed by atoms with Gasteiger partial charge in [0.05, 0.1) is 12.5 Å². The van der Waals surface area contributed by atoms with E-state index >= 15 is 0 Å². The second-order valence-electron chi connectivity index (χ2n) is 14.1. The number of rotatable bonds is 28. The van der Waals surface area contributed by atoms with Crippen molar-refractivity contribution in [1.29, 1.82) is 0 Å². The van der Waals surface area contributed by atoms with Crippen LogP contribution in [0.2, 0.25) is 0 Å². The molecule has 0 aliphatic rings. The zero-order valence-corrected chi connectivity index (χ0v) is 33.4. The summed E-state index contributed by atoms with van der Waals surface area (Å²) < 4.78 is 0. The predicted octanol–water partition coefficient (Wildman–Crippen LogP) is -3.86. The zero-order chi connectivity index (χ0) is 44.7. The van der Waals surface area contributed by atoms with Gasteiger partial charge in [-0.3, -0.25) is 38.8 Å². The number of hydrogen-bond donors (Lipinski definition) is 14. The number of hydrogen-bond acceptors (Lipinski definition) is 12. The van der Waals surface area contributed by atoms with Crippen LogP contribution in [-0.2, 0) is 40.0 Å². The number of nitrogens with one attached hydrogen (secondary N) is 5. The van der Waals surface area contributed by atoms with E-state index in [2.05, 4.69) is 36.6 Å². The third kappa shape index (κ3) is 20.7. The lowest BCUT2D eigenvalue weighted by molar-refractivity contribution is -0.143. The topological polar surface area (TPSA) is 421 Å². The number of unbranched alkanes of at least 4 members (excludes halogenated alkanes) is 1. The molecular weight excluding hydrogens is 774 g/mol. The van der Waals surface area contributed by atoms with Crippen LogP contribution in [-0.4, -0.2) is 125 Å². The first kappa shape index (κ1) is 50.8. The largest absolute Gasteiger partial charge is 0.508 e. The molecule has 0 aliphatic carbocycles. The second-order valence-corrected chi connectivity index (χ2v) is 14.1. The Morgan fingerprint density at radius 2 is 1.12 bits per heavy atom. The minimum atomic E-state index is -1.64. The molecule has 23 nitrogen and oxygen atoms in total. The van der Waals surface area contributed by atoms with E-state index < -0.39 is 90.1 Å². The van der Waals surface area contributed by atoms with Crippen LogP contribution < -0.4 is 61.0 Å². The normalized spacial score (nSPS) is 13.9. The first-order chi connectivity index (χ1) is 27.7. The summed E-state index contributed by atoms with van der Waals surface area (Å²) in [5.41, 5.74) is 33.3. The summed E-state index contributed by atoms with van der Waals surface area (Å²) in [6.45, 7) is 3.75. The van der Waals surface area contributed by atoms with Crippen LogP contribution in [0.5, 0.6) is 5.75 Å². The van der Waals surface area contributed by atoms with Crippen LogP contribution in [0.25, 0.3) is 0 Å². The molecule has 0 aromatic heterocycles. The smallest absolute Gasteiger partial charge is 0.326 e. The van der Waals surface area contributed by atoms with Gasteiger partial charge in [-0.1, -0.05) is 26.0 Å². The van der Waals surface area contributed by atoms with E-state index in [-0.39, 0.29) is 69.4 Å². The van der Waals surface area contributed by atoms with Crippen LogP contribution >= 0.6 is 0 Å². The molecule has 5 amide bonds. The molecule has 0 unspecified atom stereocenters. The highest BCUT2D eigenvalue weighted by atomic mass is 16.4. The summed E-state index contributed by atoms with van der Waals surface area (Å²) in [7, 11) is 0. The molecule has 0 aliphatic heterocycles. The van der Waals surface area contributed by atoms with Gasteiger partial charge in [-0.05, 0) is 75.1 Å². The third-order valence-corrected chi connectivity index (χ3v) is 8.71. The number of amides is 5. The molecule has 59 heavy (non-hydrogen) atoms. The van der Waals surface area contributed by atoms with E-state index in [9.17, 15) is 48.9 Å². The SMILES string of the molecule is CC(C)[C@H](NC(=O)[C@H](CCCCN)NC(=O)[C@H](CC(=O)O)NC(=O)[C@@H](N)CCCN=C(N)N)C(=O)N[C@@H](Cc1ccc(O)cc1)C(=O)N[C@@H](CCCN=C(N)N)C(=O)O. The lowest BCUT2D eigenvalue weighted by atomic mass is 9.99. The molecule has 20 N–H and O–H groups in total. The van der Waals surface area contributed by atoms with Gasteiger partial charge >= 0.3 is 11.9 Å². The number of carbonyl (C=O) groups is 7. The van der Waals surface area contributed by atoms with Crippen LogP contribution in [0.4, 0.5) is 0 Å². The van der Waals surface area contributed by atoms with Gasteiger partial charge in [0.15, 0.2) is 11.9 Å². The number of aliphatic imine (C=N–C) groups is 2. The van der Waals surface area contributed by atoms with Crippen molar-refractivity contribution in [3.05, 3.63) is 29.8 Å². The lowest BCUT2D eigenvalue weighted by Crippen LogP contribution is -2.60. The predicted molar refractivity (Wildman–Crippen MR) is 217 cm³/mol. The molecule has 1 aromatic rings. The van der Waals surface area contributed by atoms with Crippen LogP contribution in [0.1, 0.15) is 70.8 Å². The first-order valence-electron chi connectivity index (χ1n) is 19.1. The Labute approximate surface area is 341 Å². The zero-order valence-electron chi connectivity index (χ0n) is 33.4. The molecule has 23 heteroatoms. The molecule has 0 bridgehead atoms. The van der Waals surface area contributed by atoms with Crippen molar-refractivity contribution in [3.8, 4) is 5.75 Å². The average Bonchev–Trinajstić information content (AvgIpc) is 3.15. The van der Waals surface area contributed by atoms with Crippen molar-refractivity contribution in [2.24, 2.45) is 50.3 Å². The number of phenolic OH excluding ortho intramolecular Hbond substituents is 1. The maximum Gasteiger partial charge on any atom is 0.326 e. The van der Waals surface area contributed by atoms with Crippen molar-refractivity contribution in [2.45, 2.75) is 108 Å². The minimum absolute atomic E-state index is 0.00486. The van der Waals surface area contributed by atoms with E-state index in [4.69, 9.17) is 34.4 Å². The molecule has 0 saturated carbocycles. The standard InChI is InChI=1S/C36H61N13O10/c1-19(2)28(33(57)48-25(17-20-10-12-21(50)13-11-20)31(55)46-24(34(58)59)9-6-16-44-36(41)42)49-30(54)23(8-3-4-14-37)45-32(56)26(18-27(51)52)47-29(53)22(38)7-5-15-43-35(39)40/h10-13,19,22-26,28,50H,3-9,14-18,37-38H2,1-2H3,(H,45,56)(H,46,55)(H,47,53)(H,48,57)(H,49,54)(H,51,52)(H,58,59)(H4,39,40,43)(H4,41,42,44)/t22-,23-,24-,25-,26-,28-/m0/s1. The molecule has 330 valence electrons. The maximum atomic E-state index is 13.9. The Bertz CT molecular complexity index is 1620. The molecule has 1 aromatic carbocycles. The quantitative estimate of drug-likeness (QED) is 0.0218. The van der Waals surface area contributed by atoms with Crippen molar-refractivity contribution in [3.63, 3.8) is 0 Å². The number of benzene rings is 1. The summed E-state index contributed by atoms with van der Waals surface area (Å²) >= 11 is 0. The molecule has 0 radical (unpaired) electrons. The summed E-state index contributed by atoms with van der Waals surface area (Å²) in [5, 5.41) is 41.5. The van der Waals surface area contributed by atoms with Crippen LogP contribution in [0, 0.1) is 5.92 Å². The summed E-state index contributed by atoms with van der Waals surface area (Å²) in [6, 6.07) is -2.45. The van der Waals surface area contributed by atoms with Gasteiger partial charge in [-0.2, -0.15) is 0 Å². The number of phenols is 1. The average molecular weight is 836 g/mol. The highest BCUT2D eigenvalue weighted by Crippen LogP contribution is 2.13. The number of carbonyl (C=O) groups excluding carboxylic acids is 5. The maximum absolute atomic E-state index is 13.9. The summed E-state index contributed by atoms with van der Waals surface area (Å²) in [5.74, 6) is -8.15. The van der Waals surface area contributed by atoms with E-state index in [1.54, 1.807) is 13.8 Å². The number of aliphatic carboxylic acids is 2. The lowest BCUT2D eigenvalue weighted by Gasteiger charge is -2.28. The van der Waals surface area contributed by atoms with Crippen LogP contribution in [0.15, 0.2) is 34.3 Å². The first-order valence-corrected chi connectivity index (χ1v) is 19.1. The second kappa shape index (κ2) is 26.6. The number of carboxylic acids is 2. The molecule has 1 rings (SSSR count). The van der Waals surface area contributed by atoms with Crippen molar-refractivity contribution >= 4 is 53.4 Å². The van der Waals surface area contributed by atoms with Gasteiger partial charge in [0.25, 0.3) is 0 Å². The molecule has 0 heterocycles. The Morgan fingerprint density at radius 3 is 1.64 bits per heavy atom. The Hall–Kier alpha value is -6.23. The Morgan fingerprint density at radius 1 is 0.627 bits per heavy atom. The summed E-state index contributed by atoms with van der Waals surface area (Å²) in [4.78, 5) is 98.9. The summed E-state index contributed by atoms with van der Waals surface area (Å²) in [6.07, 6.45) is 0.338.